The molecule has 30 heavy (non-hydrogen) atoms. The van der Waals surface area contributed by atoms with Gasteiger partial charge in [0, 0.05) is 24.5 Å². The lowest BCUT2D eigenvalue weighted by Crippen LogP contribution is -2.29. The van der Waals surface area contributed by atoms with Crippen LogP contribution in [0.15, 0.2) is 60.9 Å². The fourth-order valence-corrected chi connectivity index (χ4v) is 4.55. The van der Waals surface area contributed by atoms with Crippen LogP contribution >= 0.6 is 0 Å². The van der Waals surface area contributed by atoms with Crippen molar-refractivity contribution in [1.29, 1.82) is 0 Å². The highest BCUT2D eigenvalue weighted by Gasteiger charge is 2.22. The van der Waals surface area contributed by atoms with Gasteiger partial charge in [-0.05, 0) is 53.6 Å². The van der Waals surface area contributed by atoms with E-state index in [1.54, 1.807) is 18.5 Å². The van der Waals surface area contributed by atoms with Crippen molar-refractivity contribution < 1.29 is 9.53 Å². The van der Waals surface area contributed by atoms with Crippen molar-refractivity contribution in [2.75, 3.05) is 6.54 Å². The summed E-state index contributed by atoms with van der Waals surface area (Å²) in [6, 6.07) is 16.9. The van der Waals surface area contributed by atoms with Crippen LogP contribution < -0.4 is 4.74 Å². The van der Waals surface area contributed by atoms with E-state index >= 15 is 0 Å². The van der Waals surface area contributed by atoms with Gasteiger partial charge < -0.3 is 4.74 Å². The lowest BCUT2D eigenvalue weighted by Gasteiger charge is -2.17. The molecule has 1 fully saturated rings. The number of carbonyl (C=O) groups is 1. The average molecular weight is 399 g/mol. The lowest BCUT2D eigenvalue weighted by atomic mass is 9.94. The number of fused-ring (bicyclic) bond motifs is 1. The molecule has 5 nitrogen and oxygen atoms in total. The van der Waals surface area contributed by atoms with Crippen LogP contribution in [-0.2, 0) is 17.9 Å². The number of hydrogen-bond donors (Lipinski definition) is 0. The number of nitrogens with zero attached hydrogens (tertiary/aromatic N) is 3. The largest absolute Gasteiger partial charge is 0.425 e. The number of benzene rings is 2. The summed E-state index contributed by atoms with van der Waals surface area (Å²) in [6.07, 6.45) is 8.76. The summed E-state index contributed by atoms with van der Waals surface area (Å²) in [5.41, 5.74) is 4.79. The first kappa shape index (κ1) is 18.9. The third-order valence-electron chi connectivity index (χ3n) is 6.09. The van der Waals surface area contributed by atoms with Gasteiger partial charge in [0.05, 0.1) is 13.1 Å². The smallest absolute Gasteiger partial charge is 0.325 e. The highest BCUT2D eigenvalue weighted by molar-refractivity contribution is 5.76. The number of esters is 1. The van der Waals surface area contributed by atoms with E-state index in [0.717, 1.165) is 17.0 Å². The molecule has 1 aliphatic carbocycles. The molecule has 2 aromatic carbocycles. The number of carbonyl (C=O) groups excluding carboxylic acids is 1. The number of aromatic nitrogens is 2. The lowest BCUT2D eigenvalue weighted by molar-refractivity contribution is -0.135. The summed E-state index contributed by atoms with van der Waals surface area (Å²) in [5.74, 6) is 1.81. The zero-order valence-electron chi connectivity index (χ0n) is 17.0. The molecule has 0 bridgehead atoms. The van der Waals surface area contributed by atoms with Gasteiger partial charge in [0.1, 0.15) is 11.6 Å². The standard InChI is InChI=1S/C25H25N3O2/c29-25-17-28(16-24-26-12-3-13-27-24)15-22-14-21(10-11-23(22)30-25)20-8-6-19(7-9-20)18-4-1-2-5-18/h3,6-14,18H,1-2,4-5,15-17H2. The van der Waals surface area contributed by atoms with E-state index in [9.17, 15) is 4.79 Å². The molecule has 1 aliphatic heterocycles. The highest BCUT2D eigenvalue weighted by Crippen LogP contribution is 2.35. The van der Waals surface area contributed by atoms with Crippen LogP contribution in [0.1, 0.15) is 48.6 Å². The van der Waals surface area contributed by atoms with Crippen molar-refractivity contribution in [1.82, 2.24) is 14.9 Å². The predicted molar refractivity (Wildman–Crippen MR) is 115 cm³/mol. The monoisotopic (exact) mass is 399 g/mol. The normalized spacial score (nSPS) is 17.4. The van der Waals surface area contributed by atoms with Crippen LogP contribution in [0.25, 0.3) is 11.1 Å². The van der Waals surface area contributed by atoms with Crippen LogP contribution in [0.2, 0.25) is 0 Å². The molecule has 0 radical (unpaired) electrons. The second kappa shape index (κ2) is 8.36. The second-order valence-electron chi connectivity index (χ2n) is 8.21. The summed E-state index contributed by atoms with van der Waals surface area (Å²) in [6.45, 7) is 1.35. The fourth-order valence-electron chi connectivity index (χ4n) is 4.55. The molecule has 0 spiro atoms. The van der Waals surface area contributed by atoms with E-state index in [0.29, 0.717) is 24.7 Å². The van der Waals surface area contributed by atoms with Crippen molar-refractivity contribution in [2.24, 2.45) is 0 Å². The molecule has 3 aromatic rings. The van der Waals surface area contributed by atoms with Gasteiger partial charge in [-0.2, -0.15) is 0 Å². The molecular formula is C25H25N3O2. The van der Waals surface area contributed by atoms with Gasteiger partial charge in [-0.3, -0.25) is 9.69 Å². The Morgan fingerprint density at radius 3 is 2.43 bits per heavy atom. The molecule has 0 amide bonds. The number of rotatable bonds is 4. The zero-order valence-corrected chi connectivity index (χ0v) is 17.0. The molecular weight excluding hydrogens is 374 g/mol. The third kappa shape index (κ3) is 4.12. The van der Waals surface area contributed by atoms with Gasteiger partial charge in [0.25, 0.3) is 0 Å². The maximum atomic E-state index is 12.3. The summed E-state index contributed by atoms with van der Waals surface area (Å²) in [7, 11) is 0. The Bertz CT molecular complexity index is 1030. The predicted octanol–water partition coefficient (Wildman–Crippen LogP) is 4.72. The van der Waals surface area contributed by atoms with Gasteiger partial charge in [0.15, 0.2) is 0 Å². The van der Waals surface area contributed by atoms with Gasteiger partial charge >= 0.3 is 5.97 Å². The Labute approximate surface area is 176 Å². The van der Waals surface area contributed by atoms with Crippen molar-refractivity contribution in [3.05, 3.63) is 77.9 Å². The molecule has 0 unspecified atom stereocenters. The van der Waals surface area contributed by atoms with Crippen LogP contribution in [-0.4, -0.2) is 27.4 Å². The third-order valence-corrected chi connectivity index (χ3v) is 6.09. The summed E-state index contributed by atoms with van der Waals surface area (Å²) >= 11 is 0. The average Bonchev–Trinajstić information content (AvgIpc) is 3.25. The Balaban J connectivity index is 1.38. The van der Waals surface area contributed by atoms with Gasteiger partial charge in [-0.1, -0.05) is 43.2 Å². The van der Waals surface area contributed by atoms with Gasteiger partial charge in [0.2, 0.25) is 0 Å². The minimum absolute atomic E-state index is 0.221. The first-order valence-corrected chi connectivity index (χ1v) is 10.7. The van der Waals surface area contributed by atoms with E-state index in [1.807, 2.05) is 17.0 Å². The molecule has 2 heterocycles. The van der Waals surface area contributed by atoms with E-state index < -0.39 is 0 Å². The Morgan fingerprint density at radius 1 is 0.933 bits per heavy atom. The van der Waals surface area contributed by atoms with Crippen LogP contribution in [0.3, 0.4) is 0 Å². The van der Waals surface area contributed by atoms with Crippen molar-refractivity contribution in [3.8, 4) is 16.9 Å². The SMILES string of the molecule is O=C1CN(Cc2ncccn2)Cc2cc(-c3ccc(C4CCCC4)cc3)ccc2O1. The van der Waals surface area contributed by atoms with Gasteiger partial charge in [-0.15, -0.1) is 0 Å². The number of hydrogen-bond acceptors (Lipinski definition) is 5. The molecule has 5 rings (SSSR count). The van der Waals surface area contributed by atoms with Crippen LogP contribution in [0, 0.1) is 0 Å². The molecule has 1 aromatic heterocycles. The van der Waals surface area contributed by atoms with E-state index in [-0.39, 0.29) is 12.5 Å². The first-order valence-electron chi connectivity index (χ1n) is 10.7. The molecule has 5 heteroatoms. The van der Waals surface area contributed by atoms with E-state index in [4.69, 9.17) is 4.74 Å². The Hall–Kier alpha value is -3.05. The zero-order chi connectivity index (χ0) is 20.3. The molecule has 1 saturated carbocycles. The van der Waals surface area contributed by atoms with Crippen LogP contribution in [0.4, 0.5) is 0 Å². The van der Waals surface area contributed by atoms with Crippen LogP contribution in [0.5, 0.6) is 5.75 Å². The molecule has 152 valence electrons. The maximum Gasteiger partial charge on any atom is 0.325 e. The minimum atomic E-state index is -0.252. The summed E-state index contributed by atoms with van der Waals surface area (Å²) < 4.78 is 5.58. The minimum Gasteiger partial charge on any atom is -0.425 e. The van der Waals surface area contributed by atoms with Gasteiger partial charge in [-0.25, -0.2) is 9.97 Å². The summed E-state index contributed by atoms with van der Waals surface area (Å²) in [5, 5.41) is 0. The molecule has 0 saturated heterocycles. The summed E-state index contributed by atoms with van der Waals surface area (Å²) in [4.78, 5) is 22.9. The quantitative estimate of drug-likeness (QED) is 0.469. The molecule has 2 aliphatic rings. The first-order chi connectivity index (χ1) is 14.7. The Morgan fingerprint density at radius 2 is 1.67 bits per heavy atom. The fraction of sp³-hybridized carbons (Fsp3) is 0.320. The maximum absolute atomic E-state index is 12.3. The topological polar surface area (TPSA) is 55.3 Å². The number of ether oxygens (including phenoxy) is 1. The van der Waals surface area contributed by atoms with Crippen molar-refractivity contribution in [3.63, 3.8) is 0 Å². The Kier molecular flexibility index (Phi) is 5.28. The molecule has 0 N–H and O–H groups in total. The van der Waals surface area contributed by atoms with E-state index in [1.165, 1.54) is 36.8 Å². The van der Waals surface area contributed by atoms with E-state index in [2.05, 4.69) is 40.3 Å². The van der Waals surface area contributed by atoms with Crippen molar-refractivity contribution in [2.45, 2.75) is 44.7 Å². The second-order valence-corrected chi connectivity index (χ2v) is 8.21. The van der Waals surface area contributed by atoms with Crippen molar-refractivity contribution >= 4 is 5.97 Å². The highest BCUT2D eigenvalue weighted by atomic mass is 16.5. The molecule has 0 atom stereocenters.